The molecule has 1 N–H and O–H groups in total. The highest BCUT2D eigenvalue weighted by atomic mass is 19.1. The van der Waals surface area contributed by atoms with E-state index in [1.165, 1.54) is 24.3 Å². The molecule has 0 spiro atoms. The molecule has 28 heavy (non-hydrogen) atoms. The molecular formula is C22H19FN2O3. The van der Waals surface area contributed by atoms with Crippen molar-refractivity contribution in [3.05, 3.63) is 78.1 Å². The highest BCUT2D eigenvalue weighted by Crippen LogP contribution is 2.29. The monoisotopic (exact) mass is 378 g/mol. The Morgan fingerprint density at radius 2 is 1.71 bits per heavy atom. The van der Waals surface area contributed by atoms with Crippen LogP contribution in [0.15, 0.2) is 66.7 Å². The number of carbonyl (C=O) groups is 2. The van der Waals surface area contributed by atoms with Crippen LogP contribution in [0.2, 0.25) is 0 Å². The predicted molar refractivity (Wildman–Crippen MR) is 103 cm³/mol. The van der Waals surface area contributed by atoms with Gasteiger partial charge in [-0.15, -0.1) is 0 Å². The van der Waals surface area contributed by atoms with Crippen LogP contribution < -0.4 is 10.1 Å². The van der Waals surface area contributed by atoms with Gasteiger partial charge in [0, 0.05) is 0 Å². The molecule has 0 bridgehead atoms. The van der Waals surface area contributed by atoms with E-state index in [0.717, 1.165) is 15.7 Å². The molecule has 0 aliphatic carbocycles. The topological polar surface area (TPSA) is 58.6 Å². The van der Waals surface area contributed by atoms with Gasteiger partial charge in [-0.3, -0.25) is 9.69 Å². The quantitative estimate of drug-likeness (QED) is 0.687. The van der Waals surface area contributed by atoms with Gasteiger partial charge in [-0.2, -0.15) is 0 Å². The van der Waals surface area contributed by atoms with Crippen LogP contribution >= 0.6 is 0 Å². The van der Waals surface area contributed by atoms with Crippen LogP contribution in [0.5, 0.6) is 5.75 Å². The number of imide groups is 1. The third-order valence-corrected chi connectivity index (χ3v) is 5.00. The second-order valence-electron chi connectivity index (χ2n) is 6.88. The third-order valence-electron chi connectivity index (χ3n) is 5.00. The maximum atomic E-state index is 13.2. The number of carbonyl (C=O) groups excluding carboxylic acids is 2. The van der Waals surface area contributed by atoms with E-state index in [9.17, 15) is 14.0 Å². The number of nitrogens with zero attached hydrogens (tertiary/aromatic N) is 1. The molecule has 142 valence electrons. The molecule has 1 atom stereocenters. The first-order valence-corrected chi connectivity index (χ1v) is 8.99. The molecule has 6 heteroatoms. The minimum Gasteiger partial charge on any atom is -0.492 e. The Balaban J connectivity index is 1.43. The van der Waals surface area contributed by atoms with Gasteiger partial charge in [-0.1, -0.05) is 42.5 Å². The standard InChI is InChI=1S/C22H19FN2O3/c1-22(17-7-9-18(23)10-8-17)20(26)25(21(27)24-22)12-13-28-19-11-6-15-4-2-3-5-16(15)14-19/h2-11,14H,12-13H2,1H3,(H,24,27). The van der Waals surface area contributed by atoms with Crippen molar-refractivity contribution in [1.29, 1.82) is 0 Å². The van der Waals surface area contributed by atoms with E-state index in [4.69, 9.17) is 4.74 Å². The van der Waals surface area contributed by atoms with E-state index in [1.807, 2.05) is 42.5 Å². The third kappa shape index (κ3) is 3.17. The summed E-state index contributed by atoms with van der Waals surface area (Å²) in [7, 11) is 0. The van der Waals surface area contributed by atoms with E-state index in [2.05, 4.69) is 5.32 Å². The van der Waals surface area contributed by atoms with Crippen molar-refractivity contribution < 1.29 is 18.7 Å². The van der Waals surface area contributed by atoms with Gasteiger partial charge in [0.1, 0.15) is 23.7 Å². The van der Waals surface area contributed by atoms with Gasteiger partial charge >= 0.3 is 6.03 Å². The lowest BCUT2D eigenvalue weighted by Gasteiger charge is -2.22. The maximum absolute atomic E-state index is 13.2. The fourth-order valence-electron chi connectivity index (χ4n) is 3.39. The van der Waals surface area contributed by atoms with Crippen LogP contribution in [0.4, 0.5) is 9.18 Å². The fraction of sp³-hybridized carbons (Fsp3) is 0.182. The Hall–Kier alpha value is -3.41. The predicted octanol–water partition coefficient (Wildman–Crippen LogP) is 3.82. The van der Waals surface area contributed by atoms with E-state index >= 15 is 0 Å². The molecule has 0 radical (unpaired) electrons. The number of ether oxygens (including phenoxy) is 1. The zero-order valence-corrected chi connectivity index (χ0v) is 15.3. The molecule has 3 aromatic carbocycles. The number of benzene rings is 3. The van der Waals surface area contributed by atoms with E-state index < -0.39 is 17.4 Å². The molecule has 0 aromatic heterocycles. The van der Waals surface area contributed by atoms with Crippen molar-refractivity contribution in [2.45, 2.75) is 12.5 Å². The van der Waals surface area contributed by atoms with E-state index in [0.29, 0.717) is 11.3 Å². The molecule has 3 aromatic rings. The second-order valence-corrected chi connectivity index (χ2v) is 6.88. The molecule has 1 aliphatic heterocycles. The average molecular weight is 378 g/mol. The maximum Gasteiger partial charge on any atom is 0.325 e. The molecular weight excluding hydrogens is 359 g/mol. The summed E-state index contributed by atoms with van der Waals surface area (Å²) in [5.41, 5.74) is -0.682. The fourth-order valence-corrected chi connectivity index (χ4v) is 3.39. The Morgan fingerprint density at radius 3 is 2.46 bits per heavy atom. The molecule has 1 aliphatic rings. The molecule has 1 unspecified atom stereocenters. The minimum atomic E-state index is -1.21. The van der Waals surface area contributed by atoms with Gasteiger partial charge in [-0.25, -0.2) is 9.18 Å². The Kier molecular flexibility index (Phi) is 4.47. The van der Waals surface area contributed by atoms with Crippen LogP contribution in [0.3, 0.4) is 0 Å². The SMILES string of the molecule is CC1(c2ccc(F)cc2)NC(=O)N(CCOc2ccc3ccccc3c2)C1=O. The van der Waals surface area contributed by atoms with Gasteiger partial charge in [0.15, 0.2) is 0 Å². The van der Waals surface area contributed by atoms with Crippen LogP contribution in [-0.2, 0) is 10.3 Å². The van der Waals surface area contributed by atoms with Crippen LogP contribution in [-0.4, -0.2) is 30.0 Å². The molecule has 3 amide bonds. The molecule has 1 saturated heterocycles. The lowest BCUT2D eigenvalue weighted by molar-refractivity contribution is -0.131. The van der Waals surface area contributed by atoms with Crippen LogP contribution in [0.1, 0.15) is 12.5 Å². The smallest absolute Gasteiger partial charge is 0.325 e. The largest absolute Gasteiger partial charge is 0.492 e. The first kappa shape index (κ1) is 18.0. The van der Waals surface area contributed by atoms with Crippen molar-refractivity contribution in [2.24, 2.45) is 0 Å². The molecule has 1 heterocycles. The van der Waals surface area contributed by atoms with Crippen LogP contribution in [0, 0.1) is 5.82 Å². The van der Waals surface area contributed by atoms with Crippen molar-refractivity contribution >= 4 is 22.7 Å². The zero-order chi connectivity index (χ0) is 19.7. The summed E-state index contributed by atoms with van der Waals surface area (Å²) in [4.78, 5) is 26.3. The highest BCUT2D eigenvalue weighted by molar-refractivity contribution is 6.07. The highest BCUT2D eigenvalue weighted by Gasteiger charge is 2.48. The van der Waals surface area contributed by atoms with Gasteiger partial charge in [0.25, 0.3) is 5.91 Å². The summed E-state index contributed by atoms with van der Waals surface area (Å²) < 4.78 is 18.9. The normalized spacial score (nSPS) is 19.1. The number of amides is 3. The zero-order valence-electron chi connectivity index (χ0n) is 15.3. The van der Waals surface area contributed by atoms with Crippen molar-refractivity contribution in [2.75, 3.05) is 13.2 Å². The van der Waals surface area contributed by atoms with Crippen molar-refractivity contribution in [1.82, 2.24) is 10.2 Å². The average Bonchev–Trinajstić information content (AvgIpc) is 2.92. The van der Waals surface area contributed by atoms with Gasteiger partial charge in [-0.05, 0) is 47.5 Å². The summed E-state index contributed by atoms with van der Waals surface area (Å²) in [6.07, 6.45) is 0. The van der Waals surface area contributed by atoms with Crippen molar-refractivity contribution in [3.63, 3.8) is 0 Å². The van der Waals surface area contributed by atoms with Crippen LogP contribution in [0.25, 0.3) is 10.8 Å². The number of urea groups is 1. The van der Waals surface area contributed by atoms with Gasteiger partial charge in [0.05, 0.1) is 6.54 Å². The number of hydrogen-bond donors (Lipinski definition) is 1. The minimum absolute atomic E-state index is 0.119. The number of fused-ring (bicyclic) bond motifs is 1. The Morgan fingerprint density at radius 1 is 1.00 bits per heavy atom. The van der Waals surface area contributed by atoms with Gasteiger partial charge in [0.2, 0.25) is 0 Å². The second kappa shape index (κ2) is 6.96. The number of nitrogens with one attached hydrogen (secondary N) is 1. The van der Waals surface area contributed by atoms with E-state index in [1.54, 1.807) is 6.92 Å². The molecule has 5 nitrogen and oxygen atoms in total. The van der Waals surface area contributed by atoms with Crippen molar-refractivity contribution in [3.8, 4) is 5.75 Å². The number of rotatable bonds is 5. The summed E-state index contributed by atoms with van der Waals surface area (Å²) >= 11 is 0. The molecule has 0 saturated carbocycles. The van der Waals surface area contributed by atoms with Gasteiger partial charge < -0.3 is 10.1 Å². The lowest BCUT2D eigenvalue weighted by Crippen LogP contribution is -2.41. The summed E-state index contributed by atoms with van der Waals surface area (Å²) in [5.74, 6) is -0.108. The van der Waals surface area contributed by atoms with E-state index in [-0.39, 0.29) is 19.1 Å². The summed E-state index contributed by atoms with van der Waals surface area (Å²) in [6.45, 7) is 1.91. The first-order chi connectivity index (χ1) is 13.5. The Bertz CT molecular complexity index is 1050. The summed E-state index contributed by atoms with van der Waals surface area (Å²) in [6, 6.07) is 18.7. The number of hydrogen-bond acceptors (Lipinski definition) is 3. The number of halogens is 1. The summed E-state index contributed by atoms with van der Waals surface area (Å²) in [5, 5.41) is 4.86. The lowest BCUT2D eigenvalue weighted by atomic mass is 9.92. The molecule has 1 fully saturated rings. The molecule has 4 rings (SSSR count). The Labute approximate surface area is 161 Å². The first-order valence-electron chi connectivity index (χ1n) is 8.99.